The van der Waals surface area contributed by atoms with Gasteiger partial charge in [0.25, 0.3) is 0 Å². The molecule has 19 heavy (non-hydrogen) atoms. The number of phenols is 1. The topological polar surface area (TPSA) is 96.1 Å². The van der Waals surface area contributed by atoms with Crippen LogP contribution in [0.3, 0.4) is 0 Å². The first-order valence-electron chi connectivity index (χ1n) is 5.89. The summed E-state index contributed by atoms with van der Waals surface area (Å²) in [5.74, 6) is 0.530. The van der Waals surface area contributed by atoms with E-state index in [1.165, 1.54) is 17.0 Å². The van der Waals surface area contributed by atoms with E-state index in [0.717, 1.165) is 4.90 Å². The van der Waals surface area contributed by atoms with Crippen LogP contribution >= 0.6 is 0 Å². The minimum absolute atomic E-state index is 0.0287. The molecule has 3 N–H and O–H groups in total. The predicted molar refractivity (Wildman–Crippen MR) is 66.1 cm³/mol. The van der Waals surface area contributed by atoms with Gasteiger partial charge in [-0.1, -0.05) is 0 Å². The Morgan fingerprint density at radius 2 is 2.26 bits per heavy atom. The van der Waals surface area contributed by atoms with Crippen molar-refractivity contribution in [1.82, 2.24) is 4.90 Å². The van der Waals surface area contributed by atoms with Crippen LogP contribution in [-0.4, -0.2) is 40.8 Å². The predicted octanol–water partition coefficient (Wildman–Crippen LogP) is 0.862. The van der Waals surface area contributed by atoms with E-state index >= 15 is 0 Å². The van der Waals surface area contributed by atoms with Crippen LogP contribution in [0.25, 0.3) is 0 Å². The quantitative estimate of drug-likeness (QED) is 0.725. The summed E-state index contributed by atoms with van der Waals surface area (Å²) in [6.45, 7) is 2.01. The number of rotatable bonds is 0. The molecule has 3 rings (SSSR count). The molecular weight excluding hydrogens is 250 g/mol. The number of fused-ring (bicyclic) bond motifs is 3. The molecule has 0 radical (unpaired) electrons. The normalized spacial score (nSPS) is 24.8. The van der Waals surface area contributed by atoms with Crippen LogP contribution in [0.2, 0.25) is 0 Å². The summed E-state index contributed by atoms with van der Waals surface area (Å²) in [6, 6.07) is 2.95. The first-order valence-corrected chi connectivity index (χ1v) is 5.89. The number of primary amides is 1. The monoisotopic (exact) mass is 263 g/mol. The van der Waals surface area contributed by atoms with E-state index in [1.54, 1.807) is 6.07 Å². The smallest absolute Gasteiger partial charge is 0.333 e. The molecule has 2 aliphatic heterocycles. The van der Waals surface area contributed by atoms with Crippen molar-refractivity contribution in [1.29, 1.82) is 0 Å². The Hall–Kier alpha value is -2.44. The molecule has 0 aliphatic carbocycles. The van der Waals surface area contributed by atoms with Crippen LogP contribution in [-0.2, 0) is 0 Å². The van der Waals surface area contributed by atoms with Crippen LogP contribution < -0.4 is 15.4 Å². The van der Waals surface area contributed by atoms with Gasteiger partial charge in [0, 0.05) is 6.07 Å². The molecule has 1 aromatic rings. The maximum atomic E-state index is 12.2. The Bertz CT molecular complexity index is 574. The molecular formula is C12H13N3O4. The zero-order chi connectivity index (χ0) is 13.7. The van der Waals surface area contributed by atoms with Gasteiger partial charge in [0.1, 0.15) is 17.6 Å². The van der Waals surface area contributed by atoms with Gasteiger partial charge in [-0.05, 0) is 19.1 Å². The van der Waals surface area contributed by atoms with Crippen molar-refractivity contribution in [2.75, 3.05) is 11.4 Å². The summed E-state index contributed by atoms with van der Waals surface area (Å²) in [5, 5.41) is 9.54. The van der Waals surface area contributed by atoms with E-state index in [2.05, 4.69) is 0 Å². The Morgan fingerprint density at radius 1 is 1.53 bits per heavy atom. The maximum Gasteiger partial charge on any atom is 0.333 e. The number of hydrogen-bond acceptors (Lipinski definition) is 4. The minimum atomic E-state index is -0.784. The fraction of sp³-hybridized carbons (Fsp3) is 0.333. The number of ether oxygens (including phenoxy) is 1. The lowest BCUT2D eigenvalue weighted by Crippen LogP contribution is -2.47. The van der Waals surface area contributed by atoms with Gasteiger partial charge in [0.2, 0.25) is 0 Å². The number of urea groups is 2. The number of hydrogen-bond donors (Lipinski definition) is 2. The highest BCUT2D eigenvalue weighted by atomic mass is 16.5. The highest BCUT2D eigenvalue weighted by molar-refractivity contribution is 6.05. The van der Waals surface area contributed by atoms with E-state index < -0.39 is 12.1 Å². The summed E-state index contributed by atoms with van der Waals surface area (Å²) in [7, 11) is 0. The summed E-state index contributed by atoms with van der Waals surface area (Å²) in [5.41, 5.74) is 5.64. The molecule has 1 fully saturated rings. The van der Waals surface area contributed by atoms with Gasteiger partial charge in [-0.15, -0.1) is 0 Å². The van der Waals surface area contributed by atoms with Gasteiger partial charge < -0.3 is 15.6 Å². The van der Waals surface area contributed by atoms with Gasteiger partial charge in [-0.3, -0.25) is 4.90 Å². The van der Waals surface area contributed by atoms with Crippen LogP contribution in [0.1, 0.15) is 6.92 Å². The molecule has 2 atom stereocenters. The summed E-state index contributed by atoms with van der Waals surface area (Å²) in [4.78, 5) is 25.9. The number of anilines is 1. The van der Waals surface area contributed by atoms with Crippen molar-refractivity contribution in [2.45, 2.75) is 19.1 Å². The molecule has 7 heteroatoms. The summed E-state index contributed by atoms with van der Waals surface area (Å²) < 4.78 is 5.69. The van der Waals surface area contributed by atoms with Gasteiger partial charge in [-0.2, -0.15) is 0 Å². The molecule has 0 spiro atoms. The van der Waals surface area contributed by atoms with Crippen LogP contribution in [0.4, 0.5) is 15.3 Å². The highest BCUT2D eigenvalue weighted by Gasteiger charge is 2.47. The molecule has 0 aromatic heterocycles. The molecule has 4 amide bonds. The van der Waals surface area contributed by atoms with Crippen LogP contribution in [0, 0.1) is 0 Å². The second kappa shape index (κ2) is 3.78. The number of aromatic hydroxyl groups is 1. The second-order valence-electron chi connectivity index (χ2n) is 4.64. The molecule has 0 saturated carbocycles. The van der Waals surface area contributed by atoms with Crippen molar-refractivity contribution >= 4 is 17.7 Å². The molecule has 1 saturated heterocycles. The molecule has 0 bridgehead atoms. The molecule has 7 nitrogen and oxygen atoms in total. The number of phenolic OH excluding ortho intramolecular Hbond substituents is 1. The second-order valence-corrected chi connectivity index (χ2v) is 4.64. The lowest BCUT2D eigenvalue weighted by molar-refractivity contribution is 0.175. The van der Waals surface area contributed by atoms with Gasteiger partial charge in [0.05, 0.1) is 18.3 Å². The Balaban J connectivity index is 2.09. The molecule has 2 unspecified atom stereocenters. The van der Waals surface area contributed by atoms with Crippen LogP contribution in [0.5, 0.6) is 11.5 Å². The summed E-state index contributed by atoms with van der Waals surface area (Å²) in [6.07, 6.45) is -0.259. The van der Waals surface area contributed by atoms with E-state index in [1.807, 2.05) is 6.92 Å². The number of benzene rings is 1. The van der Waals surface area contributed by atoms with Gasteiger partial charge in [0.15, 0.2) is 0 Å². The standard InChI is InChI=1S/C12H13N3O4/c1-6-9-5-14(11(13)17)12(18)15(9)8-4-7(16)2-3-10(8)19-6/h2-4,6,9,16H,5H2,1H3,(H2,13,17). The minimum Gasteiger partial charge on any atom is -0.508 e. The largest absolute Gasteiger partial charge is 0.508 e. The number of carbonyl (C=O) groups excluding carboxylic acids is 2. The molecule has 2 heterocycles. The van der Waals surface area contributed by atoms with Gasteiger partial charge >= 0.3 is 12.1 Å². The van der Waals surface area contributed by atoms with E-state index in [0.29, 0.717) is 11.4 Å². The number of nitrogens with two attached hydrogens (primary N) is 1. The number of carbonyl (C=O) groups is 2. The zero-order valence-electron chi connectivity index (χ0n) is 10.2. The van der Waals surface area contributed by atoms with E-state index in [9.17, 15) is 14.7 Å². The molecule has 2 aliphatic rings. The van der Waals surface area contributed by atoms with Crippen molar-refractivity contribution in [3.63, 3.8) is 0 Å². The molecule has 1 aromatic carbocycles. The van der Waals surface area contributed by atoms with Gasteiger partial charge in [-0.25, -0.2) is 14.5 Å². The average molecular weight is 263 g/mol. The lowest BCUT2D eigenvalue weighted by Gasteiger charge is -2.35. The Morgan fingerprint density at radius 3 is 2.95 bits per heavy atom. The summed E-state index contributed by atoms with van der Waals surface area (Å²) >= 11 is 0. The van der Waals surface area contributed by atoms with E-state index in [-0.39, 0.29) is 24.4 Å². The van der Waals surface area contributed by atoms with Crippen molar-refractivity contribution in [2.24, 2.45) is 5.73 Å². The number of amides is 4. The zero-order valence-corrected chi connectivity index (χ0v) is 10.2. The highest BCUT2D eigenvalue weighted by Crippen LogP contribution is 2.41. The first kappa shape index (κ1) is 11.6. The Kier molecular flexibility index (Phi) is 2.31. The SMILES string of the molecule is CC1Oc2ccc(O)cc2N2C(=O)N(C(N)=O)CC12. The third kappa shape index (κ3) is 1.58. The third-order valence-electron chi connectivity index (χ3n) is 3.46. The molecule has 100 valence electrons. The van der Waals surface area contributed by atoms with Crippen molar-refractivity contribution < 1.29 is 19.4 Å². The Labute approximate surface area is 109 Å². The third-order valence-corrected chi connectivity index (χ3v) is 3.46. The number of imide groups is 1. The maximum absolute atomic E-state index is 12.2. The fourth-order valence-corrected chi connectivity index (χ4v) is 2.52. The van der Waals surface area contributed by atoms with Crippen molar-refractivity contribution in [3.05, 3.63) is 18.2 Å². The lowest BCUT2D eigenvalue weighted by atomic mass is 10.1. The number of nitrogens with zero attached hydrogens (tertiary/aromatic N) is 2. The average Bonchev–Trinajstić information content (AvgIpc) is 2.69. The fourth-order valence-electron chi connectivity index (χ4n) is 2.52. The van der Waals surface area contributed by atoms with Crippen LogP contribution in [0.15, 0.2) is 18.2 Å². The van der Waals surface area contributed by atoms with E-state index in [4.69, 9.17) is 10.5 Å². The van der Waals surface area contributed by atoms with Crippen molar-refractivity contribution in [3.8, 4) is 11.5 Å². The first-order chi connectivity index (χ1) is 8.99.